The molecular weight excluding hydrogens is 279 g/mol. The van der Waals surface area contributed by atoms with E-state index in [2.05, 4.69) is 10.6 Å². The third-order valence-electron chi connectivity index (χ3n) is 2.04. The fourth-order valence-electron chi connectivity index (χ4n) is 1.10. The first kappa shape index (κ1) is 14.8. The minimum atomic E-state index is -0.862. The van der Waals surface area contributed by atoms with Crippen LogP contribution in [0.15, 0.2) is 18.2 Å². The predicted octanol–water partition coefficient (Wildman–Crippen LogP) is 1.43. The van der Waals surface area contributed by atoms with Crippen molar-refractivity contribution in [3.05, 3.63) is 28.2 Å². The molecule has 0 saturated heterocycles. The van der Waals surface area contributed by atoms with Crippen LogP contribution in [0.25, 0.3) is 0 Å². The number of hydrogen-bond acceptors (Lipinski definition) is 3. The van der Waals surface area contributed by atoms with Crippen LogP contribution in [0.2, 0.25) is 10.0 Å². The van der Waals surface area contributed by atoms with Crippen LogP contribution in [-0.4, -0.2) is 29.6 Å². The molecule has 1 aromatic rings. The van der Waals surface area contributed by atoms with E-state index < -0.39 is 17.9 Å². The van der Waals surface area contributed by atoms with Crippen molar-refractivity contribution in [1.82, 2.24) is 5.32 Å². The zero-order valence-electron chi connectivity index (χ0n) is 9.54. The lowest BCUT2D eigenvalue weighted by Crippen LogP contribution is -2.42. The Kier molecular flexibility index (Phi) is 5.40. The molecule has 1 atom stereocenters. The molecule has 1 rings (SSSR count). The Morgan fingerprint density at radius 1 is 1.33 bits per heavy atom. The van der Waals surface area contributed by atoms with Crippen molar-refractivity contribution in [3.8, 4) is 0 Å². The first-order valence-corrected chi connectivity index (χ1v) is 5.87. The van der Waals surface area contributed by atoms with Gasteiger partial charge in [0.05, 0.1) is 17.3 Å². The van der Waals surface area contributed by atoms with E-state index in [0.717, 1.165) is 0 Å². The number of aliphatic hydroxyl groups is 1. The fraction of sp³-hybridized carbons (Fsp3) is 0.273. The van der Waals surface area contributed by atoms with Gasteiger partial charge < -0.3 is 15.7 Å². The number of rotatable bonds is 3. The second-order valence-electron chi connectivity index (χ2n) is 3.64. The predicted molar refractivity (Wildman–Crippen MR) is 69.8 cm³/mol. The summed E-state index contributed by atoms with van der Waals surface area (Å²) in [6, 6.07) is 3.99. The Bertz CT molecular complexity index is 466. The number of amides is 2. The minimum absolute atomic E-state index is 0.235. The summed E-state index contributed by atoms with van der Waals surface area (Å²) in [4.78, 5) is 22.9. The number of halogens is 2. The Hall–Kier alpha value is -1.30. The van der Waals surface area contributed by atoms with Crippen molar-refractivity contribution in [2.45, 2.75) is 13.0 Å². The van der Waals surface area contributed by atoms with Gasteiger partial charge in [-0.2, -0.15) is 0 Å². The molecule has 0 bridgehead atoms. The van der Waals surface area contributed by atoms with Crippen LogP contribution in [0, 0.1) is 0 Å². The summed E-state index contributed by atoms with van der Waals surface area (Å²) in [6.45, 7) is 1.32. The highest BCUT2D eigenvalue weighted by molar-refractivity contribution is 6.42. The van der Waals surface area contributed by atoms with Gasteiger partial charge in [0.2, 0.25) is 0 Å². The monoisotopic (exact) mass is 290 g/mol. The van der Waals surface area contributed by atoms with Crippen molar-refractivity contribution in [2.75, 3.05) is 11.9 Å². The number of aliphatic hydroxyl groups excluding tert-OH is 1. The highest BCUT2D eigenvalue weighted by atomic mass is 35.5. The van der Waals surface area contributed by atoms with E-state index in [1.807, 2.05) is 0 Å². The largest absolute Gasteiger partial charge is 0.394 e. The Labute approximate surface area is 114 Å². The number of carbonyl (C=O) groups excluding carboxylic acids is 2. The molecule has 2 amide bonds. The highest BCUT2D eigenvalue weighted by Crippen LogP contribution is 2.25. The maximum atomic E-state index is 11.5. The van der Waals surface area contributed by atoms with Gasteiger partial charge in [-0.15, -0.1) is 0 Å². The van der Waals surface area contributed by atoms with Gasteiger partial charge in [-0.3, -0.25) is 9.59 Å². The third kappa shape index (κ3) is 4.18. The standard InChI is InChI=1S/C11H12Cl2N2O3/c1-6(5-16)14-10(17)11(18)15-9-3-2-7(12)4-8(9)13/h2-4,6,16H,5H2,1H3,(H,14,17)(H,15,18). The molecule has 0 spiro atoms. The van der Waals surface area contributed by atoms with Gasteiger partial charge in [0.1, 0.15) is 0 Å². The summed E-state index contributed by atoms with van der Waals surface area (Å²) in [5, 5.41) is 14.1. The summed E-state index contributed by atoms with van der Waals surface area (Å²) >= 11 is 11.5. The van der Waals surface area contributed by atoms with Crippen LogP contribution in [0.5, 0.6) is 0 Å². The van der Waals surface area contributed by atoms with E-state index in [4.69, 9.17) is 28.3 Å². The van der Waals surface area contributed by atoms with E-state index in [-0.39, 0.29) is 17.3 Å². The van der Waals surface area contributed by atoms with Crippen molar-refractivity contribution in [3.63, 3.8) is 0 Å². The SMILES string of the molecule is CC(CO)NC(=O)C(=O)Nc1ccc(Cl)cc1Cl. The van der Waals surface area contributed by atoms with Gasteiger partial charge in [0.25, 0.3) is 0 Å². The number of hydrogen-bond donors (Lipinski definition) is 3. The van der Waals surface area contributed by atoms with Gasteiger partial charge in [-0.1, -0.05) is 23.2 Å². The molecule has 0 aromatic heterocycles. The molecule has 0 heterocycles. The van der Waals surface area contributed by atoms with E-state index >= 15 is 0 Å². The summed E-state index contributed by atoms with van der Waals surface area (Å²) in [5.41, 5.74) is 0.290. The summed E-state index contributed by atoms with van der Waals surface area (Å²) in [7, 11) is 0. The smallest absolute Gasteiger partial charge is 0.313 e. The Balaban J connectivity index is 2.67. The Morgan fingerprint density at radius 2 is 2.00 bits per heavy atom. The van der Waals surface area contributed by atoms with Crippen molar-refractivity contribution in [2.24, 2.45) is 0 Å². The Morgan fingerprint density at radius 3 is 2.56 bits per heavy atom. The molecule has 1 aromatic carbocycles. The first-order valence-electron chi connectivity index (χ1n) is 5.11. The molecule has 1 unspecified atom stereocenters. The van der Waals surface area contributed by atoms with Crippen LogP contribution in [0.1, 0.15) is 6.92 Å². The second-order valence-corrected chi connectivity index (χ2v) is 4.48. The summed E-state index contributed by atoms with van der Waals surface area (Å²) < 4.78 is 0. The first-order chi connectivity index (χ1) is 8.43. The molecule has 0 aliphatic carbocycles. The normalized spacial score (nSPS) is 11.8. The van der Waals surface area contributed by atoms with Gasteiger partial charge in [0, 0.05) is 11.1 Å². The quantitative estimate of drug-likeness (QED) is 0.737. The molecular formula is C11H12Cl2N2O3. The van der Waals surface area contributed by atoms with E-state index in [1.165, 1.54) is 18.2 Å². The molecule has 18 heavy (non-hydrogen) atoms. The topological polar surface area (TPSA) is 78.4 Å². The average molecular weight is 291 g/mol. The van der Waals surface area contributed by atoms with Gasteiger partial charge >= 0.3 is 11.8 Å². The molecule has 3 N–H and O–H groups in total. The van der Waals surface area contributed by atoms with E-state index in [1.54, 1.807) is 6.92 Å². The maximum absolute atomic E-state index is 11.5. The lowest BCUT2D eigenvalue weighted by Gasteiger charge is -2.11. The van der Waals surface area contributed by atoms with Crippen LogP contribution < -0.4 is 10.6 Å². The molecule has 0 radical (unpaired) electrons. The molecule has 5 nitrogen and oxygen atoms in total. The zero-order valence-corrected chi connectivity index (χ0v) is 11.0. The highest BCUT2D eigenvalue weighted by Gasteiger charge is 2.16. The van der Waals surface area contributed by atoms with Crippen molar-refractivity contribution >= 4 is 40.7 Å². The van der Waals surface area contributed by atoms with Crippen molar-refractivity contribution in [1.29, 1.82) is 0 Å². The second kappa shape index (κ2) is 6.58. The lowest BCUT2D eigenvalue weighted by atomic mass is 10.3. The average Bonchev–Trinajstić information content (AvgIpc) is 2.32. The van der Waals surface area contributed by atoms with Crippen molar-refractivity contribution < 1.29 is 14.7 Å². The minimum Gasteiger partial charge on any atom is -0.394 e. The number of nitrogens with one attached hydrogen (secondary N) is 2. The molecule has 0 aliphatic heterocycles. The van der Waals surface area contributed by atoms with Crippen LogP contribution in [0.3, 0.4) is 0 Å². The molecule has 0 saturated carbocycles. The fourth-order valence-corrected chi connectivity index (χ4v) is 1.56. The third-order valence-corrected chi connectivity index (χ3v) is 2.58. The maximum Gasteiger partial charge on any atom is 0.313 e. The summed E-state index contributed by atoms with van der Waals surface area (Å²) in [6.07, 6.45) is 0. The van der Waals surface area contributed by atoms with Crippen LogP contribution in [0.4, 0.5) is 5.69 Å². The summed E-state index contributed by atoms with van der Waals surface area (Å²) in [5.74, 6) is -1.71. The van der Waals surface area contributed by atoms with E-state index in [9.17, 15) is 9.59 Å². The van der Waals surface area contributed by atoms with E-state index in [0.29, 0.717) is 5.02 Å². The molecule has 0 aliphatic rings. The molecule has 7 heteroatoms. The number of carbonyl (C=O) groups is 2. The van der Waals surface area contributed by atoms with Gasteiger partial charge in [-0.05, 0) is 25.1 Å². The lowest BCUT2D eigenvalue weighted by molar-refractivity contribution is -0.136. The van der Waals surface area contributed by atoms with Crippen LogP contribution in [-0.2, 0) is 9.59 Å². The van der Waals surface area contributed by atoms with Crippen LogP contribution >= 0.6 is 23.2 Å². The van der Waals surface area contributed by atoms with Gasteiger partial charge in [-0.25, -0.2) is 0 Å². The number of anilines is 1. The molecule has 98 valence electrons. The number of benzene rings is 1. The zero-order chi connectivity index (χ0) is 13.7. The molecule has 0 fully saturated rings. The van der Waals surface area contributed by atoms with Gasteiger partial charge in [0.15, 0.2) is 0 Å².